The lowest BCUT2D eigenvalue weighted by Gasteiger charge is -2.14. The van der Waals surface area contributed by atoms with Crippen LogP contribution >= 0.6 is 0 Å². The number of rotatable bonds is 9. The molecule has 0 N–H and O–H groups in total. The van der Waals surface area contributed by atoms with E-state index in [-0.39, 0.29) is 17.9 Å². The number of hydrogen-bond donors (Lipinski definition) is 0. The van der Waals surface area contributed by atoms with Crippen LogP contribution in [0.1, 0.15) is 12.0 Å². The fourth-order valence-electron chi connectivity index (χ4n) is 1.49. The molecule has 0 bridgehead atoms. The van der Waals surface area contributed by atoms with Crippen LogP contribution in [-0.2, 0) is 28.6 Å². The zero-order chi connectivity index (χ0) is 16.6. The third kappa shape index (κ3) is 6.08. The summed E-state index contributed by atoms with van der Waals surface area (Å²) >= 11 is 0. The minimum absolute atomic E-state index is 0.00901. The van der Waals surface area contributed by atoms with Crippen LogP contribution in [0.5, 0.6) is 0 Å². The average Bonchev–Trinajstić information content (AvgIpc) is 2.50. The fourth-order valence-corrected chi connectivity index (χ4v) is 2.42. The Balaban J connectivity index is 2.51. The molecule has 1 aromatic carbocycles. The van der Waals surface area contributed by atoms with Crippen LogP contribution in [0.15, 0.2) is 29.2 Å². The molecule has 0 aliphatic heterocycles. The SMILES string of the molecule is COC(=O)CCO[C@H](CF)COS(=O)(=O)c1ccc(C)cc1. The molecule has 22 heavy (non-hydrogen) atoms. The number of carbonyl (C=O) groups is 1. The molecule has 0 spiro atoms. The molecule has 0 fully saturated rings. The van der Waals surface area contributed by atoms with Gasteiger partial charge in [-0.15, -0.1) is 0 Å². The molecule has 0 aliphatic rings. The summed E-state index contributed by atoms with van der Waals surface area (Å²) in [6.45, 7) is 0.360. The second-order valence-corrected chi connectivity index (χ2v) is 6.14. The summed E-state index contributed by atoms with van der Waals surface area (Å²) in [5.41, 5.74) is 0.909. The zero-order valence-electron chi connectivity index (χ0n) is 12.5. The summed E-state index contributed by atoms with van der Waals surface area (Å²) in [6, 6.07) is 6.09. The summed E-state index contributed by atoms with van der Waals surface area (Å²) in [7, 11) is -2.74. The van der Waals surface area contributed by atoms with Crippen molar-refractivity contribution in [3.05, 3.63) is 29.8 Å². The van der Waals surface area contributed by atoms with Crippen molar-refractivity contribution in [1.82, 2.24) is 0 Å². The van der Waals surface area contributed by atoms with Crippen molar-refractivity contribution in [2.75, 3.05) is 27.0 Å². The first-order valence-electron chi connectivity index (χ1n) is 6.59. The number of ether oxygens (including phenoxy) is 2. The van der Waals surface area contributed by atoms with E-state index in [2.05, 4.69) is 4.74 Å². The Bertz CT molecular complexity index is 570. The molecule has 1 atom stereocenters. The van der Waals surface area contributed by atoms with E-state index in [1.807, 2.05) is 6.92 Å². The van der Waals surface area contributed by atoms with Crippen LogP contribution < -0.4 is 0 Å². The number of benzene rings is 1. The maximum absolute atomic E-state index is 12.8. The number of halogens is 1. The van der Waals surface area contributed by atoms with E-state index in [0.29, 0.717) is 0 Å². The van der Waals surface area contributed by atoms with Gasteiger partial charge in [0.05, 0.1) is 31.6 Å². The number of hydrogen-bond acceptors (Lipinski definition) is 6. The van der Waals surface area contributed by atoms with Gasteiger partial charge in [-0.05, 0) is 19.1 Å². The highest BCUT2D eigenvalue weighted by Gasteiger charge is 2.19. The van der Waals surface area contributed by atoms with Crippen LogP contribution in [0.3, 0.4) is 0 Å². The molecule has 0 saturated heterocycles. The van der Waals surface area contributed by atoms with E-state index in [0.717, 1.165) is 5.56 Å². The molecule has 1 aromatic rings. The topological polar surface area (TPSA) is 78.9 Å². The number of esters is 1. The normalized spacial score (nSPS) is 12.9. The van der Waals surface area contributed by atoms with Gasteiger partial charge in [0.15, 0.2) is 0 Å². The van der Waals surface area contributed by atoms with E-state index >= 15 is 0 Å². The van der Waals surface area contributed by atoms with Crippen LogP contribution in [-0.4, -0.2) is 47.5 Å². The number of alkyl halides is 1. The maximum Gasteiger partial charge on any atom is 0.307 e. The van der Waals surface area contributed by atoms with E-state index in [1.165, 1.54) is 19.2 Å². The van der Waals surface area contributed by atoms with Gasteiger partial charge in [-0.3, -0.25) is 8.98 Å². The van der Waals surface area contributed by atoms with Gasteiger partial charge in [0.1, 0.15) is 12.8 Å². The van der Waals surface area contributed by atoms with Gasteiger partial charge >= 0.3 is 5.97 Å². The van der Waals surface area contributed by atoms with Gasteiger partial charge in [-0.1, -0.05) is 17.7 Å². The van der Waals surface area contributed by atoms with Crippen LogP contribution in [0, 0.1) is 6.92 Å². The van der Waals surface area contributed by atoms with Crippen molar-refractivity contribution in [1.29, 1.82) is 0 Å². The van der Waals surface area contributed by atoms with E-state index in [4.69, 9.17) is 8.92 Å². The molecule has 6 nitrogen and oxygen atoms in total. The molecular weight excluding hydrogens is 315 g/mol. The molecule has 0 heterocycles. The van der Waals surface area contributed by atoms with Crippen molar-refractivity contribution < 1.29 is 31.3 Å². The van der Waals surface area contributed by atoms with Gasteiger partial charge in [0, 0.05) is 0 Å². The largest absolute Gasteiger partial charge is 0.469 e. The summed E-state index contributed by atoms with van der Waals surface area (Å²) in [4.78, 5) is 10.9. The highest BCUT2D eigenvalue weighted by Crippen LogP contribution is 2.14. The van der Waals surface area contributed by atoms with Crippen molar-refractivity contribution in [3.63, 3.8) is 0 Å². The molecule has 0 radical (unpaired) electrons. The first-order chi connectivity index (χ1) is 10.4. The Morgan fingerprint density at radius 1 is 1.27 bits per heavy atom. The number of methoxy groups -OCH3 is 1. The predicted octanol–water partition coefficient (Wildman–Crippen LogP) is 1.62. The van der Waals surface area contributed by atoms with E-state index in [9.17, 15) is 17.6 Å². The molecular formula is C14H19FO6S. The fraction of sp³-hybridized carbons (Fsp3) is 0.500. The summed E-state index contributed by atoms with van der Waals surface area (Å²) in [5, 5.41) is 0. The van der Waals surface area contributed by atoms with Gasteiger partial charge < -0.3 is 9.47 Å². The van der Waals surface area contributed by atoms with Crippen molar-refractivity contribution in [3.8, 4) is 0 Å². The van der Waals surface area contributed by atoms with Gasteiger partial charge in [0.25, 0.3) is 10.1 Å². The first kappa shape index (κ1) is 18.5. The quantitative estimate of drug-likeness (QED) is 0.504. The average molecular weight is 334 g/mol. The Morgan fingerprint density at radius 3 is 2.45 bits per heavy atom. The van der Waals surface area contributed by atoms with Crippen molar-refractivity contribution in [2.24, 2.45) is 0 Å². The molecule has 124 valence electrons. The third-order valence-electron chi connectivity index (χ3n) is 2.78. The zero-order valence-corrected chi connectivity index (χ0v) is 13.3. The van der Waals surface area contributed by atoms with Gasteiger partial charge in [-0.2, -0.15) is 8.42 Å². The molecule has 1 rings (SSSR count). The Morgan fingerprint density at radius 2 is 1.91 bits per heavy atom. The monoisotopic (exact) mass is 334 g/mol. The Hall–Kier alpha value is -1.51. The predicted molar refractivity (Wildman–Crippen MR) is 76.7 cm³/mol. The highest BCUT2D eigenvalue weighted by molar-refractivity contribution is 7.86. The minimum Gasteiger partial charge on any atom is -0.469 e. The lowest BCUT2D eigenvalue weighted by atomic mass is 10.2. The molecule has 0 amide bonds. The molecule has 0 aliphatic carbocycles. The number of aryl methyl sites for hydroxylation is 1. The molecule has 0 saturated carbocycles. The maximum atomic E-state index is 12.8. The van der Waals surface area contributed by atoms with Crippen LogP contribution in [0.25, 0.3) is 0 Å². The highest BCUT2D eigenvalue weighted by atomic mass is 32.2. The summed E-state index contributed by atoms with van der Waals surface area (Å²) in [6.07, 6.45) is -1.11. The summed E-state index contributed by atoms with van der Waals surface area (Å²) in [5.74, 6) is -0.495. The lowest BCUT2D eigenvalue weighted by Crippen LogP contribution is -2.25. The Labute approximate surface area is 129 Å². The standard InChI is InChI=1S/C14H19FO6S/c1-11-3-5-13(6-4-11)22(17,18)21-10-12(9-15)20-8-7-14(16)19-2/h3-6,12H,7-10H2,1-2H3/t12-/m1/s1. The summed E-state index contributed by atoms with van der Waals surface area (Å²) < 4.78 is 50.9. The van der Waals surface area contributed by atoms with Gasteiger partial charge in [-0.25, -0.2) is 4.39 Å². The van der Waals surface area contributed by atoms with Crippen molar-refractivity contribution >= 4 is 16.1 Å². The Kier molecular flexibility index (Phi) is 7.43. The van der Waals surface area contributed by atoms with Crippen LogP contribution in [0.4, 0.5) is 4.39 Å². The molecule has 0 aromatic heterocycles. The van der Waals surface area contributed by atoms with Gasteiger partial charge in [0.2, 0.25) is 0 Å². The molecule has 0 unspecified atom stereocenters. The first-order valence-corrected chi connectivity index (χ1v) is 8.00. The van der Waals surface area contributed by atoms with Crippen LogP contribution in [0.2, 0.25) is 0 Å². The second kappa shape index (κ2) is 8.82. The van der Waals surface area contributed by atoms with Crippen molar-refractivity contribution in [2.45, 2.75) is 24.3 Å². The third-order valence-corrected chi connectivity index (χ3v) is 4.07. The van der Waals surface area contributed by atoms with E-state index in [1.54, 1.807) is 12.1 Å². The molecule has 8 heteroatoms. The number of carbonyl (C=O) groups excluding carboxylic acids is 1. The lowest BCUT2D eigenvalue weighted by molar-refractivity contribution is -0.142. The van der Waals surface area contributed by atoms with E-state index < -0.39 is 35.5 Å². The second-order valence-electron chi connectivity index (χ2n) is 4.52. The smallest absolute Gasteiger partial charge is 0.307 e. The minimum atomic E-state index is -3.97.